The number of hydrogen-bond acceptors (Lipinski definition) is 2. The van der Waals surface area contributed by atoms with Gasteiger partial charge in [-0.25, -0.2) is 0 Å². The SMILES string of the molecule is C=C(C)[S@@+]([O-])NCC(C)C. The quantitative estimate of drug-likeness (QED) is 0.633. The van der Waals surface area contributed by atoms with Crippen LogP contribution in [0.4, 0.5) is 0 Å². The maximum absolute atomic E-state index is 10.9. The molecule has 0 unspecified atom stereocenters. The highest BCUT2D eigenvalue weighted by Gasteiger charge is 2.06. The Kier molecular flexibility index (Phi) is 4.77. The summed E-state index contributed by atoms with van der Waals surface area (Å²) >= 11 is -1.04. The second-order valence-corrected chi connectivity index (χ2v) is 4.24. The van der Waals surface area contributed by atoms with Gasteiger partial charge < -0.3 is 4.55 Å². The summed E-state index contributed by atoms with van der Waals surface area (Å²) in [7, 11) is 0. The highest BCUT2D eigenvalue weighted by atomic mass is 32.2. The van der Waals surface area contributed by atoms with Crippen molar-refractivity contribution in [3.05, 3.63) is 11.5 Å². The average Bonchev–Trinajstić information content (AvgIpc) is 1.82. The Balaban J connectivity index is 3.40. The highest BCUT2D eigenvalue weighted by molar-refractivity contribution is 7.93. The molecule has 3 heteroatoms. The third-order valence-electron chi connectivity index (χ3n) is 0.939. The second-order valence-electron chi connectivity index (χ2n) is 2.71. The average molecular weight is 161 g/mol. The molecule has 0 aliphatic rings. The number of nitrogens with one attached hydrogen (secondary N) is 1. The van der Waals surface area contributed by atoms with Gasteiger partial charge in [-0.05, 0) is 12.5 Å². The summed E-state index contributed by atoms with van der Waals surface area (Å²) in [5, 5.41) is 0. The Hall–Kier alpha value is 0.01000. The number of rotatable bonds is 4. The van der Waals surface area contributed by atoms with Crippen LogP contribution in [0.1, 0.15) is 20.8 Å². The minimum absolute atomic E-state index is 0.531. The van der Waals surface area contributed by atoms with Gasteiger partial charge in [0.15, 0.2) is 0 Å². The topological polar surface area (TPSA) is 35.1 Å². The molecule has 0 saturated carbocycles. The molecule has 0 spiro atoms. The number of hydrogen-bond donors (Lipinski definition) is 1. The molecule has 0 aliphatic carbocycles. The minimum atomic E-state index is -1.04. The normalized spacial score (nSPS) is 13.7. The van der Waals surface area contributed by atoms with Crippen molar-refractivity contribution in [2.45, 2.75) is 20.8 Å². The third-order valence-corrected chi connectivity index (χ3v) is 2.00. The standard InChI is InChI=1S/C7H15NOS/c1-6(2)5-8-10(9)7(3)4/h6,8H,3,5H2,1-2,4H3/t10-/m1/s1. The van der Waals surface area contributed by atoms with E-state index in [1.54, 1.807) is 6.92 Å². The van der Waals surface area contributed by atoms with E-state index >= 15 is 0 Å². The van der Waals surface area contributed by atoms with Gasteiger partial charge in [0, 0.05) is 13.5 Å². The molecule has 10 heavy (non-hydrogen) atoms. The summed E-state index contributed by atoms with van der Waals surface area (Å²) in [6.45, 7) is 10.2. The molecule has 0 aromatic rings. The first-order valence-corrected chi connectivity index (χ1v) is 4.49. The molecule has 0 fully saturated rings. The van der Waals surface area contributed by atoms with Crippen molar-refractivity contribution < 1.29 is 4.55 Å². The molecule has 0 amide bonds. The van der Waals surface area contributed by atoms with Crippen LogP contribution in [0.2, 0.25) is 0 Å². The van der Waals surface area contributed by atoms with Crippen LogP contribution >= 0.6 is 0 Å². The zero-order chi connectivity index (χ0) is 8.15. The highest BCUT2D eigenvalue weighted by Crippen LogP contribution is 1.99. The molecule has 0 saturated heterocycles. The predicted octanol–water partition coefficient (Wildman–Crippen LogP) is 1.43. The first-order chi connectivity index (χ1) is 4.54. The van der Waals surface area contributed by atoms with Crippen molar-refractivity contribution in [3.63, 3.8) is 0 Å². The summed E-state index contributed by atoms with van der Waals surface area (Å²) in [5.74, 6) is 0.531. The van der Waals surface area contributed by atoms with Crippen molar-refractivity contribution in [1.29, 1.82) is 0 Å². The fourth-order valence-electron chi connectivity index (χ4n) is 0.366. The van der Waals surface area contributed by atoms with E-state index in [-0.39, 0.29) is 0 Å². The van der Waals surface area contributed by atoms with Gasteiger partial charge in [0.2, 0.25) is 0 Å². The molecule has 0 aromatic heterocycles. The monoisotopic (exact) mass is 161 g/mol. The lowest BCUT2D eigenvalue weighted by Crippen LogP contribution is -2.27. The van der Waals surface area contributed by atoms with E-state index in [0.29, 0.717) is 10.8 Å². The van der Waals surface area contributed by atoms with Crippen LogP contribution in [-0.2, 0) is 11.4 Å². The van der Waals surface area contributed by atoms with Crippen LogP contribution in [0, 0.1) is 5.92 Å². The molecule has 0 rings (SSSR count). The van der Waals surface area contributed by atoms with Crippen LogP contribution in [0.3, 0.4) is 0 Å². The summed E-state index contributed by atoms with van der Waals surface area (Å²) in [6, 6.07) is 0. The van der Waals surface area contributed by atoms with Gasteiger partial charge in [0.05, 0.1) is 11.4 Å². The van der Waals surface area contributed by atoms with E-state index < -0.39 is 11.4 Å². The fraction of sp³-hybridized carbons (Fsp3) is 0.714. The van der Waals surface area contributed by atoms with E-state index in [4.69, 9.17) is 0 Å². The zero-order valence-electron chi connectivity index (χ0n) is 6.81. The van der Waals surface area contributed by atoms with Crippen molar-refractivity contribution in [3.8, 4) is 0 Å². The molecule has 1 atom stereocenters. The Morgan fingerprint density at radius 2 is 2.20 bits per heavy atom. The van der Waals surface area contributed by atoms with Crippen LogP contribution in [0.5, 0.6) is 0 Å². The van der Waals surface area contributed by atoms with E-state index in [9.17, 15) is 4.55 Å². The molecule has 0 heterocycles. The van der Waals surface area contributed by atoms with Gasteiger partial charge >= 0.3 is 0 Å². The molecule has 0 aromatic carbocycles. The Morgan fingerprint density at radius 1 is 1.70 bits per heavy atom. The van der Waals surface area contributed by atoms with Crippen molar-refractivity contribution in [1.82, 2.24) is 4.72 Å². The van der Waals surface area contributed by atoms with Gasteiger partial charge in [0.25, 0.3) is 0 Å². The Labute approximate surface area is 66.0 Å². The van der Waals surface area contributed by atoms with Crippen LogP contribution in [-0.4, -0.2) is 11.1 Å². The molecule has 0 aliphatic heterocycles. The molecule has 0 bridgehead atoms. The molecular formula is C7H15NOS. The summed E-state index contributed by atoms with van der Waals surface area (Å²) in [4.78, 5) is 0.681. The summed E-state index contributed by atoms with van der Waals surface area (Å²) in [6.07, 6.45) is 0. The Bertz CT molecular complexity index is 114. The fourth-order valence-corrected chi connectivity index (χ4v) is 1.10. The lowest BCUT2D eigenvalue weighted by atomic mass is 10.2. The first kappa shape index (κ1) is 10.0. The zero-order valence-corrected chi connectivity index (χ0v) is 7.62. The maximum atomic E-state index is 10.9. The summed E-state index contributed by atoms with van der Waals surface area (Å²) in [5.41, 5.74) is 0. The van der Waals surface area contributed by atoms with Crippen LogP contribution in [0.15, 0.2) is 11.5 Å². The molecule has 1 N–H and O–H groups in total. The van der Waals surface area contributed by atoms with Crippen molar-refractivity contribution in [2.24, 2.45) is 5.92 Å². The van der Waals surface area contributed by atoms with Gasteiger partial charge in [0.1, 0.15) is 4.91 Å². The summed E-state index contributed by atoms with van der Waals surface area (Å²) < 4.78 is 13.8. The number of allylic oxidation sites excluding steroid dienone is 1. The predicted molar refractivity (Wildman–Crippen MR) is 45.8 cm³/mol. The van der Waals surface area contributed by atoms with E-state index in [1.165, 1.54) is 0 Å². The van der Waals surface area contributed by atoms with Crippen LogP contribution in [0.25, 0.3) is 0 Å². The minimum Gasteiger partial charge on any atom is -0.593 e. The molecule has 2 nitrogen and oxygen atoms in total. The van der Waals surface area contributed by atoms with E-state index in [2.05, 4.69) is 25.1 Å². The van der Waals surface area contributed by atoms with Gasteiger partial charge in [-0.2, -0.15) is 0 Å². The van der Waals surface area contributed by atoms with Crippen molar-refractivity contribution >= 4 is 11.4 Å². The van der Waals surface area contributed by atoms with E-state index in [1.807, 2.05) is 0 Å². The lowest BCUT2D eigenvalue weighted by molar-refractivity contribution is 0.565. The smallest absolute Gasteiger partial charge is 0.140 e. The maximum Gasteiger partial charge on any atom is 0.140 e. The second kappa shape index (κ2) is 4.77. The van der Waals surface area contributed by atoms with E-state index in [0.717, 1.165) is 6.54 Å². The molecule has 60 valence electrons. The van der Waals surface area contributed by atoms with Gasteiger partial charge in [-0.15, -0.1) is 4.72 Å². The van der Waals surface area contributed by atoms with Gasteiger partial charge in [-0.3, -0.25) is 0 Å². The largest absolute Gasteiger partial charge is 0.593 e. The molecular weight excluding hydrogens is 146 g/mol. The Morgan fingerprint density at radius 3 is 2.50 bits per heavy atom. The first-order valence-electron chi connectivity index (χ1n) is 3.34. The lowest BCUT2D eigenvalue weighted by Gasteiger charge is -2.10. The molecule has 0 radical (unpaired) electrons. The van der Waals surface area contributed by atoms with Crippen molar-refractivity contribution in [2.75, 3.05) is 6.54 Å². The van der Waals surface area contributed by atoms with Gasteiger partial charge in [-0.1, -0.05) is 13.8 Å². The third kappa shape index (κ3) is 4.85. The van der Waals surface area contributed by atoms with Crippen LogP contribution < -0.4 is 4.72 Å².